The van der Waals surface area contributed by atoms with Gasteiger partial charge in [-0.15, -0.1) is 0 Å². The number of nitrogens with one attached hydrogen (secondary N) is 1. The van der Waals surface area contributed by atoms with E-state index in [9.17, 15) is 4.79 Å². The van der Waals surface area contributed by atoms with Crippen molar-refractivity contribution in [1.29, 1.82) is 0 Å². The summed E-state index contributed by atoms with van der Waals surface area (Å²) in [5.74, 6) is 0. The summed E-state index contributed by atoms with van der Waals surface area (Å²) >= 11 is 0. The number of carbonyl (C=O) groups excluding carboxylic acids is 1. The summed E-state index contributed by atoms with van der Waals surface area (Å²) in [6.07, 6.45) is -0.407. The molecule has 0 aromatic rings. The van der Waals surface area contributed by atoms with Gasteiger partial charge >= 0.3 is 6.09 Å². The Morgan fingerprint density at radius 2 is 1.91 bits per heavy atom. The normalized spacial score (nSPS) is 9.82. The van der Waals surface area contributed by atoms with Crippen molar-refractivity contribution in [3.8, 4) is 0 Å². The van der Waals surface area contributed by atoms with Crippen molar-refractivity contribution in [2.75, 3.05) is 0 Å². The van der Waals surface area contributed by atoms with Crippen molar-refractivity contribution in [1.82, 2.24) is 5.32 Å². The van der Waals surface area contributed by atoms with Crippen LogP contribution in [-0.4, -0.2) is 11.7 Å². The Balaban J connectivity index is 0. The van der Waals surface area contributed by atoms with Gasteiger partial charge in [0.05, 0.1) is 0 Å². The van der Waals surface area contributed by atoms with Crippen LogP contribution in [0, 0.1) is 6.54 Å². The molecule has 1 N–H and O–H groups in total. The third kappa shape index (κ3) is 9.96. The minimum atomic E-state index is -0.410. The van der Waals surface area contributed by atoms with Gasteiger partial charge in [0.1, 0.15) is 5.60 Å². The van der Waals surface area contributed by atoms with Gasteiger partial charge in [0.25, 0.3) is 0 Å². The van der Waals surface area contributed by atoms with Crippen LogP contribution in [0.4, 0.5) is 4.79 Å². The predicted octanol–water partition coefficient (Wildman–Crippen LogP) is 1.69. The molecular weight excluding hydrogens is 314 g/mol. The summed E-state index contributed by atoms with van der Waals surface area (Å²) in [6, 6.07) is 0. The van der Waals surface area contributed by atoms with Crippen LogP contribution in [0.2, 0.25) is 0 Å². The number of ether oxygens (including phenoxy) is 1. The first kappa shape index (κ1) is 13.5. The molecule has 66 valence electrons. The maximum absolute atomic E-state index is 10.7. The van der Waals surface area contributed by atoms with E-state index in [1.54, 1.807) is 6.92 Å². The van der Waals surface area contributed by atoms with Gasteiger partial charge in [-0.05, 0) is 20.8 Å². The van der Waals surface area contributed by atoms with Crippen molar-refractivity contribution in [2.45, 2.75) is 33.3 Å². The van der Waals surface area contributed by atoms with Gasteiger partial charge in [-0.1, -0.05) is 0 Å². The number of hydrogen-bond acceptors (Lipinski definition) is 2. The molecule has 4 heteroatoms. The van der Waals surface area contributed by atoms with E-state index < -0.39 is 11.7 Å². The SMILES string of the molecule is C[CH-]NC(=O)OC(C)(C)C.[W]. The Bertz CT molecular complexity index is 120. The molecule has 0 spiro atoms. The largest absolute Gasteiger partial charge is 0.471 e. The molecule has 0 fully saturated rings. The van der Waals surface area contributed by atoms with Crippen LogP contribution in [-0.2, 0) is 25.8 Å². The Morgan fingerprint density at radius 1 is 1.45 bits per heavy atom. The molecule has 0 aromatic carbocycles. The van der Waals surface area contributed by atoms with Crippen LogP contribution in [0.3, 0.4) is 0 Å². The van der Waals surface area contributed by atoms with E-state index in [4.69, 9.17) is 4.74 Å². The molecule has 11 heavy (non-hydrogen) atoms. The zero-order valence-electron chi connectivity index (χ0n) is 7.30. The van der Waals surface area contributed by atoms with Crippen molar-refractivity contribution >= 4 is 6.09 Å². The minimum absolute atomic E-state index is 0. The summed E-state index contributed by atoms with van der Waals surface area (Å²) < 4.78 is 4.90. The van der Waals surface area contributed by atoms with Crippen LogP contribution in [0.25, 0.3) is 0 Å². The van der Waals surface area contributed by atoms with Crippen LogP contribution in [0.5, 0.6) is 0 Å². The summed E-state index contributed by atoms with van der Waals surface area (Å²) in [4.78, 5) is 10.7. The summed E-state index contributed by atoms with van der Waals surface area (Å²) in [7, 11) is 0. The second-order valence-electron chi connectivity index (χ2n) is 2.93. The monoisotopic (exact) mass is 328 g/mol. The van der Waals surface area contributed by atoms with Gasteiger partial charge in [-0.3, -0.25) is 0 Å². The molecule has 0 aliphatic carbocycles. The molecule has 3 nitrogen and oxygen atoms in total. The summed E-state index contributed by atoms with van der Waals surface area (Å²) in [5.41, 5.74) is -0.410. The van der Waals surface area contributed by atoms with E-state index in [1.165, 1.54) is 6.54 Å². The molecule has 0 heterocycles. The first-order chi connectivity index (χ1) is 4.45. The molecule has 0 saturated carbocycles. The molecule has 0 unspecified atom stereocenters. The number of alkyl carbamates (subject to hydrolysis) is 1. The minimum Gasteiger partial charge on any atom is -0.471 e. The Morgan fingerprint density at radius 3 is 2.18 bits per heavy atom. The van der Waals surface area contributed by atoms with Crippen molar-refractivity contribution in [3.05, 3.63) is 6.54 Å². The number of hydrogen-bond donors (Lipinski definition) is 1. The van der Waals surface area contributed by atoms with Crippen molar-refractivity contribution in [3.63, 3.8) is 0 Å². The first-order valence-corrected chi connectivity index (χ1v) is 3.23. The smallest absolute Gasteiger partial charge is 0.377 e. The van der Waals surface area contributed by atoms with Crippen LogP contribution in [0.15, 0.2) is 0 Å². The summed E-state index contributed by atoms with van der Waals surface area (Å²) in [6.45, 7) is 8.73. The van der Waals surface area contributed by atoms with Crippen LogP contribution < -0.4 is 5.32 Å². The maximum atomic E-state index is 10.7. The number of rotatable bonds is 1. The van der Waals surface area contributed by atoms with Crippen molar-refractivity contribution < 1.29 is 30.6 Å². The second-order valence-corrected chi connectivity index (χ2v) is 2.93. The van der Waals surface area contributed by atoms with Crippen molar-refractivity contribution in [2.24, 2.45) is 0 Å². The Kier molecular flexibility index (Phi) is 6.88. The zero-order valence-corrected chi connectivity index (χ0v) is 10.2. The number of carbonyl (C=O) groups is 1. The second kappa shape index (κ2) is 5.59. The third-order valence-corrected chi connectivity index (χ3v) is 0.661. The first-order valence-electron chi connectivity index (χ1n) is 3.23. The molecule has 0 aliphatic rings. The zero-order chi connectivity index (χ0) is 8.20. The molecule has 0 aromatic heterocycles. The third-order valence-electron chi connectivity index (χ3n) is 0.661. The molecule has 0 bridgehead atoms. The fraction of sp³-hybridized carbons (Fsp3) is 0.714. The van der Waals surface area contributed by atoms with Gasteiger partial charge in [0, 0.05) is 21.1 Å². The average Bonchev–Trinajstić information content (AvgIpc) is 1.59. The summed E-state index contributed by atoms with van der Waals surface area (Å²) in [5, 5.41) is 2.42. The molecule has 0 atom stereocenters. The molecular formula is C7H14NO2W-. The van der Waals surface area contributed by atoms with E-state index in [2.05, 4.69) is 5.32 Å². The van der Waals surface area contributed by atoms with E-state index in [0.29, 0.717) is 0 Å². The number of amides is 1. The molecule has 1 amide bonds. The van der Waals surface area contributed by atoms with Gasteiger partial charge in [-0.25, -0.2) is 11.3 Å². The Labute approximate surface area is 82.1 Å². The predicted molar refractivity (Wildman–Crippen MR) is 39.3 cm³/mol. The van der Waals surface area contributed by atoms with Crippen LogP contribution >= 0.6 is 0 Å². The molecule has 0 aliphatic heterocycles. The van der Waals surface area contributed by atoms with Gasteiger partial charge < -0.3 is 10.1 Å². The van der Waals surface area contributed by atoms with E-state index in [1.807, 2.05) is 20.8 Å². The molecule has 0 radical (unpaired) electrons. The van der Waals surface area contributed by atoms with E-state index in [0.717, 1.165) is 0 Å². The fourth-order valence-electron chi connectivity index (χ4n) is 0.425. The fourth-order valence-corrected chi connectivity index (χ4v) is 0.425. The van der Waals surface area contributed by atoms with E-state index in [-0.39, 0.29) is 21.1 Å². The van der Waals surface area contributed by atoms with Gasteiger partial charge in [-0.2, -0.15) is 6.92 Å². The average molecular weight is 328 g/mol. The standard InChI is InChI=1S/C7H14NO2.W/c1-5-8-6(9)10-7(2,3)4;/h5H,1-4H3,(H,8,9);/q-1;. The van der Waals surface area contributed by atoms with E-state index >= 15 is 0 Å². The van der Waals surface area contributed by atoms with Gasteiger partial charge in [0.15, 0.2) is 0 Å². The topological polar surface area (TPSA) is 38.3 Å². The maximum Gasteiger partial charge on any atom is 0.377 e. The van der Waals surface area contributed by atoms with Crippen LogP contribution in [0.1, 0.15) is 27.7 Å². The molecule has 0 saturated heterocycles. The van der Waals surface area contributed by atoms with Gasteiger partial charge in [0.2, 0.25) is 0 Å². The quantitative estimate of drug-likeness (QED) is 0.744. The Hall–Kier alpha value is -0.0417. The molecule has 0 rings (SSSR count).